The lowest BCUT2D eigenvalue weighted by Gasteiger charge is -2.32. The molecule has 0 saturated heterocycles. The molecular formula is C29H32N6OS. The van der Waals surface area contributed by atoms with E-state index < -0.39 is 6.04 Å². The van der Waals surface area contributed by atoms with E-state index in [1.54, 1.807) is 11.3 Å². The van der Waals surface area contributed by atoms with Crippen molar-refractivity contribution < 1.29 is 0 Å². The second-order valence-electron chi connectivity index (χ2n) is 10.5. The SMILES string of the molecule is Cc1ccc2[nH]c(=O)c([C@@H](c3nnnn3C(C)(C)C)N(CCc3ccccc3)Cc3cccs3)cc2c1. The largest absolute Gasteiger partial charge is 0.322 e. The van der Waals surface area contributed by atoms with Gasteiger partial charge in [0.2, 0.25) is 0 Å². The van der Waals surface area contributed by atoms with E-state index in [0.29, 0.717) is 17.9 Å². The number of rotatable bonds is 8. The highest BCUT2D eigenvalue weighted by Gasteiger charge is 2.33. The molecule has 7 nitrogen and oxygen atoms in total. The van der Waals surface area contributed by atoms with Crippen LogP contribution in [0, 0.1) is 6.92 Å². The van der Waals surface area contributed by atoms with Gasteiger partial charge in [-0.05, 0) is 85.1 Å². The molecular weight excluding hydrogens is 480 g/mol. The summed E-state index contributed by atoms with van der Waals surface area (Å²) in [6.07, 6.45) is 0.838. The topological polar surface area (TPSA) is 79.7 Å². The number of nitrogens with one attached hydrogen (secondary N) is 1. The zero-order valence-electron chi connectivity index (χ0n) is 21.7. The number of aromatic amines is 1. The van der Waals surface area contributed by atoms with Crippen molar-refractivity contribution in [3.63, 3.8) is 0 Å². The van der Waals surface area contributed by atoms with E-state index in [2.05, 4.69) is 101 Å². The van der Waals surface area contributed by atoms with Crippen LogP contribution in [0.4, 0.5) is 0 Å². The Morgan fingerprint density at radius 2 is 1.86 bits per heavy atom. The molecule has 8 heteroatoms. The molecule has 3 heterocycles. The molecule has 0 aliphatic rings. The van der Waals surface area contributed by atoms with E-state index in [0.717, 1.165) is 29.4 Å². The maximum atomic E-state index is 13.6. The number of H-pyrrole nitrogens is 1. The molecule has 0 fully saturated rings. The summed E-state index contributed by atoms with van der Waals surface area (Å²) in [5.41, 5.74) is 3.37. The number of benzene rings is 2. The van der Waals surface area contributed by atoms with Crippen LogP contribution in [-0.4, -0.2) is 36.6 Å². The highest BCUT2D eigenvalue weighted by molar-refractivity contribution is 7.09. The fourth-order valence-electron chi connectivity index (χ4n) is 4.71. The summed E-state index contributed by atoms with van der Waals surface area (Å²) in [6, 6.07) is 22.3. The Hall–Kier alpha value is -3.62. The molecule has 190 valence electrons. The van der Waals surface area contributed by atoms with E-state index in [1.165, 1.54) is 10.4 Å². The fraction of sp³-hybridized carbons (Fsp3) is 0.310. The molecule has 0 radical (unpaired) electrons. The average Bonchev–Trinajstić information content (AvgIpc) is 3.56. The first-order valence-corrected chi connectivity index (χ1v) is 13.4. The van der Waals surface area contributed by atoms with Crippen molar-refractivity contribution >= 4 is 22.2 Å². The Morgan fingerprint density at radius 3 is 2.59 bits per heavy atom. The Bertz CT molecular complexity index is 1530. The van der Waals surface area contributed by atoms with Crippen LogP contribution < -0.4 is 5.56 Å². The predicted octanol–water partition coefficient (Wildman–Crippen LogP) is 5.47. The van der Waals surface area contributed by atoms with Gasteiger partial charge < -0.3 is 4.98 Å². The van der Waals surface area contributed by atoms with Crippen LogP contribution in [0.1, 0.15) is 54.2 Å². The number of aryl methyl sites for hydroxylation is 1. The van der Waals surface area contributed by atoms with Crippen LogP contribution >= 0.6 is 11.3 Å². The smallest absolute Gasteiger partial charge is 0.253 e. The normalized spacial score (nSPS) is 12.9. The Labute approximate surface area is 220 Å². The molecule has 3 aromatic heterocycles. The van der Waals surface area contributed by atoms with Gasteiger partial charge in [-0.25, -0.2) is 4.68 Å². The van der Waals surface area contributed by atoms with Crippen LogP contribution in [0.5, 0.6) is 0 Å². The van der Waals surface area contributed by atoms with Gasteiger partial charge in [0.25, 0.3) is 5.56 Å². The quantitative estimate of drug-likeness (QED) is 0.298. The van der Waals surface area contributed by atoms with E-state index in [1.807, 2.05) is 28.9 Å². The van der Waals surface area contributed by atoms with Crippen LogP contribution in [-0.2, 0) is 18.5 Å². The van der Waals surface area contributed by atoms with Crippen molar-refractivity contribution in [2.45, 2.75) is 52.2 Å². The minimum absolute atomic E-state index is 0.124. The molecule has 37 heavy (non-hydrogen) atoms. The van der Waals surface area contributed by atoms with E-state index in [9.17, 15) is 4.79 Å². The molecule has 0 spiro atoms. The monoisotopic (exact) mass is 512 g/mol. The van der Waals surface area contributed by atoms with Gasteiger partial charge in [0.05, 0.1) is 5.54 Å². The lowest BCUT2D eigenvalue weighted by atomic mass is 10.00. The van der Waals surface area contributed by atoms with Crippen molar-refractivity contribution in [1.82, 2.24) is 30.1 Å². The fourth-order valence-corrected chi connectivity index (χ4v) is 5.44. The molecule has 0 amide bonds. The van der Waals surface area contributed by atoms with Crippen molar-refractivity contribution in [1.29, 1.82) is 0 Å². The van der Waals surface area contributed by atoms with Gasteiger partial charge in [0, 0.05) is 29.0 Å². The number of tetrazole rings is 1. The minimum Gasteiger partial charge on any atom is -0.322 e. The van der Waals surface area contributed by atoms with E-state index in [4.69, 9.17) is 0 Å². The van der Waals surface area contributed by atoms with E-state index >= 15 is 0 Å². The summed E-state index contributed by atoms with van der Waals surface area (Å²) in [4.78, 5) is 20.3. The molecule has 0 saturated carbocycles. The zero-order valence-corrected chi connectivity index (χ0v) is 22.5. The number of pyridine rings is 1. The minimum atomic E-state index is -0.436. The van der Waals surface area contributed by atoms with Crippen LogP contribution in [0.25, 0.3) is 10.9 Å². The molecule has 0 aliphatic carbocycles. The third kappa shape index (κ3) is 5.55. The lowest BCUT2D eigenvalue weighted by molar-refractivity contribution is 0.196. The summed E-state index contributed by atoms with van der Waals surface area (Å²) < 4.78 is 1.85. The highest BCUT2D eigenvalue weighted by atomic mass is 32.1. The van der Waals surface area contributed by atoms with Gasteiger partial charge in [-0.2, -0.15) is 0 Å². The van der Waals surface area contributed by atoms with Gasteiger partial charge in [-0.3, -0.25) is 9.69 Å². The molecule has 1 atom stereocenters. The van der Waals surface area contributed by atoms with Crippen LogP contribution in [0.2, 0.25) is 0 Å². The second kappa shape index (κ2) is 10.4. The van der Waals surface area contributed by atoms with Gasteiger partial charge in [0.15, 0.2) is 5.82 Å². The maximum absolute atomic E-state index is 13.6. The number of hydrogen-bond acceptors (Lipinski definition) is 6. The second-order valence-corrected chi connectivity index (χ2v) is 11.5. The first-order valence-electron chi connectivity index (χ1n) is 12.5. The molecule has 2 aromatic carbocycles. The van der Waals surface area contributed by atoms with Crippen molar-refractivity contribution in [2.75, 3.05) is 6.54 Å². The molecule has 5 aromatic rings. The summed E-state index contributed by atoms with van der Waals surface area (Å²) in [7, 11) is 0. The summed E-state index contributed by atoms with van der Waals surface area (Å²) >= 11 is 1.72. The number of fused-ring (bicyclic) bond motifs is 1. The van der Waals surface area contributed by atoms with Crippen molar-refractivity contribution in [3.05, 3.63) is 110 Å². The van der Waals surface area contributed by atoms with Crippen LogP contribution in [0.15, 0.2) is 76.9 Å². The van der Waals surface area contributed by atoms with Gasteiger partial charge in [-0.15, -0.1) is 16.4 Å². The Kier molecular flexibility index (Phi) is 7.04. The maximum Gasteiger partial charge on any atom is 0.253 e. The Balaban J connectivity index is 1.68. The number of hydrogen-bond donors (Lipinski definition) is 1. The highest BCUT2D eigenvalue weighted by Crippen LogP contribution is 2.31. The first-order chi connectivity index (χ1) is 17.8. The summed E-state index contributed by atoms with van der Waals surface area (Å²) in [6.45, 7) is 9.69. The molecule has 5 rings (SSSR count). The standard InChI is InChI=1S/C29H32N6OS/c1-20-12-13-25-22(17-20)18-24(28(36)30-25)26(27-31-32-33-35(27)29(2,3)4)34(19-23-11-8-16-37-23)15-14-21-9-6-5-7-10-21/h5-13,16-18,26H,14-15,19H2,1-4H3,(H,30,36)/t26-/m0/s1. The van der Waals surface area contributed by atoms with Crippen molar-refractivity contribution in [2.24, 2.45) is 0 Å². The molecule has 0 unspecified atom stereocenters. The van der Waals surface area contributed by atoms with Crippen LogP contribution in [0.3, 0.4) is 0 Å². The third-order valence-corrected chi connectivity index (χ3v) is 7.39. The predicted molar refractivity (Wildman–Crippen MR) is 149 cm³/mol. The van der Waals surface area contributed by atoms with Gasteiger partial charge in [-0.1, -0.05) is 48.0 Å². The summed E-state index contributed by atoms with van der Waals surface area (Å²) in [5.74, 6) is 0.662. The zero-order chi connectivity index (χ0) is 26.0. The first kappa shape index (κ1) is 25.0. The third-order valence-electron chi connectivity index (χ3n) is 6.53. The number of aromatic nitrogens is 5. The molecule has 0 aliphatic heterocycles. The Morgan fingerprint density at radius 1 is 1.05 bits per heavy atom. The van der Waals surface area contributed by atoms with Crippen molar-refractivity contribution in [3.8, 4) is 0 Å². The molecule has 0 bridgehead atoms. The summed E-state index contributed by atoms with van der Waals surface area (Å²) in [5, 5.41) is 16.0. The number of thiophene rings is 1. The average molecular weight is 513 g/mol. The van der Waals surface area contributed by atoms with E-state index in [-0.39, 0.29) is 11.1 Å². The number of nitrogens with zero attached hydrogens (tertiary/aromatic N) is 5. The van der Waals surface area contributed by atoms with Gasteiger partial charge >= 0.3 is 0 Å². The van der Waals surface area contributed by atoms with Gasteiger partial charge in [0.1, 0.15) is 6.04 Å². The lowest BCUT2D eigenvalue weighted by Crippen LogP contribution is -2.38. The molecule has 1 N–H and O–H groups in total.